The molecule has 0 radical (unpaired) electrons. The summed E-state index contributed by atoms with van der Waals surface area (Å²) in [7, 11) is 3.65. The molecule has 2 aliphatic carbocycles. The fourth-order valence-corrected chi connectivity index (χ4v) is 11.9. The summed E-state index contributed by atoms with van der Waals surface area (Å²) in [6, 6.07) is 7.61. The Hall–Kier alpha value is -1.54. The smallest absolute Gasteiger partial charge is 1.00 e. The van der Waals surface area contributed by atoms with Crippen molar-refractivity contribution in [3.8, 4) is 11.5 Å². The van der Waals surface area contributed by atoms with E-state index in [0.29, 0.717) is 31.3 Å². The van der Waals surface area contributed by atoms with E-state index in [1.54, 1.807) is 32.9 Å². The van der Waals surface area contributed by atoms with Gasteiger partial charge in [0.2, 0.25) is 0 Å². The van der Waals surface area contributed by atoms with Crippen molar-refractivity contribution in [1.82, 2.24) is 23.2 Å². The van der Waals surface area contributed by atoms with Crippen LogP contribution in [0.5, 0.6) is 11.5 Å². The van der Waals surface area contributed by atoms with Gasteiger partial charge in [-0.3, -0.25) is 33.1 Å². The predicted molar refractivity (Wildman–Crippen MR) is 280 cm³/mol. The number of alkyl halides is 2. The van der Waals surface area contributed by atoms with Crippen LogP contribution in [0.3, 0.4) is 0 Å². The third-order valence-corrected chi connectivity index (χ3v) is 15.5. The molecule has 7 heterocycles. The summed E-state index contributed by atoms with van der Waals surface area (Å²) in [6.45, 7) is 7.93. The van der Waals surface area contributed by atoms with Crippen molar-refractivity contribution in [2.45, 2.75) is 110 Å². The number of carbonyl (C=O) groups is 1. The van der Waals surface area contributed by atoms with Crippen LogP contribution in [0.4, 0.5) is 0 Å². The monoisotopic (exact) mass is 1150 g/mol. The first-order chi connectivity index (χ1) is 32.9. The zero-order chi connectivity index (χ0) is 48.4. The van der Waals surface area contributed by atoms with Crippen LogP contribution in [0, 0.1) is 13.8 Å². The topological polar surface area (TPSA) is 185 Å². The number of unbranched alkanes of at least 4 members (excludes halogenated alkanes) is 1. The van der Waals surface area contributed by atoms with Crippen molar-refractivity contribution in [2.75, 3.05) is 50.1 Å². The summed E-state index contributed by atoms with van der Waals surface area (Å²) in [5, 5.41) is 15.0. The van der Waals surface area contributed by atoms with E-state index in [-0.39, 0.29) is 152 Å². The van der Waals surface area contributed by atoms with Gasteiger partial charge in [-0.15, -0.1) is 0 Å². The zero-order valence-electron chi connectivity index (χ0n) is 42.4. The number of pyridine rings is 4. The number of fused-ring (bicyclic) bond motifs is 8. The number of hydrogen-bond donors (Lipinski definition) is 1. The molecule has 1 saturated heterocycles. The minimum atomic E-state index is -0.194. The molecular weight excluding hydrogens is 1090 g/mol. The zero-order valence-corrected chi connectivity index (χ0v) is 50.8. The molecule has 2 N–H and O–H groups in total. The number of hydrogen-bond acceptors (Lipinski definition) is 11. The number of aromatic nitrogens is 4. The summed E-state index contributed by atoms with van der Waals surface area (Å²) >= 11 is 6.66. The minimum Gasteiger partial charge on any atom is -1.00 e. The molecule has 6 aromatic rings. The molecule has 2 atom stereocenters. The van der Waals surface area contributed by atoms with Gasteiger partial charge < -0.3 is 40.8 Å². The molecule has 374 valence electrons. The number of ether oxygens (including phenoxy) is 2. The number of rotatable bonds is 7. The Labute approximate surface area is 517 Å². The summed E-state index contributed by atoms with van der Waals surface area (Å²) in [5.74, 6) is 1.35. The molecule has 5 aliphatic rings. The molecular formula is C52H66Br2K2N6O9. The molecule has 0 bridgehead atoms. The Kier molecular flexibility index (Phi) is 22.9. The molecule has 0 amide bonds. The summed E-state index contributed by atoms with van der Waals surface area (Å²) in [6.07, 6.45) is 12.9. The van der Waals surface area contributed by atoms with Gasteiger partial charge in [0, 0.05) is 82.6 Å². The third-order valence-electron chi connectivity index (χ3n) is 14.4. The van der Waals surface area contributed by atoms with Crippen molar-refractivity contribution in [2.24, 2.45) is 19.8 Å². The first-order valence-electron chi connectivity index (χ1n) is 23.9. The van der Waals surface area contributed by atoms with Gasteiger partial charge in [0.15, 0.2) is 11.5 Å². The second kappa shape index (κ2) is 27.0. The van der Waals surface area contributed by atoms with Gasteiger partial charge in [-0.25, -0.2) is 0 Å². The van der Waals surface area contributed by atoms with Gasteiger partial charge in [-0.1, -0.05) is 39.3 Å². The Morgan fingerprint density at radius 2 is 1.06 bits per heavy atom. The number of halogens is 2. The number of aryl methyl sites for hydroxylation is 6. The number of nitrogens with two attached hydrogens (primary N) is 1. The summed E-state index contributed by atoms with van der Waals surface area (Å²) in [4.78, 5) is 65.8. The molecule has 0 spiro atoms. The number of nitrogens with zero attached hydrogens (tertiary/aromatic N) is 5. The summed E-state index contributed by atoms with van der Waals surface area (Å²) in [5.41, 5.74) is 15.4. The second-order valence-electron chi connectivity index (χ2n) is 18.6. The van der Waals surface area contributed by atoms with Gasteiger partial charge in [-0.2, -0.15) is 0 Å². The maximum Gasteiger partial charge on any atom is 1.00 e. The van der Waals surface area contributed by atoms with Crippen LogP contribution < -0.4 is 145 Å². The van der Waals surface area contributed by atoms with Gasteiger partial charge >= 0.3 is 103 Å². The molecule has 1 fully saturated rings. The van der Waals surface area contributed by atoms with E-state index >= 15 is 0 Å². The Morgan fingerprint density at radius 1 is 0.662 bits per heavy atom. The Bertz CT molecular complexity index is 3170. The van der Waals surface area contributed by atoms with Crippen LogP contribution in [0.15, 0.2) is 43.4 Å². The van der Waals surface area contributed by atoms with E-state index in [9.17, 15) is 19.2 Å². The third kappa shape index (κ3) is 11.9. The van der Waals surface area contributed by atoms with Gasteiger partial charge in [0.1, 0.15) is 13.2 Å². The normalized spacial score (nSPS) is 17.2. The van der Waals surface area contributed by atoms with Gasteiger partial charge in [0.25, 0.3) is 28.7 Å². The van der Waals surface area contributed by atoms with Gasteiger partial charge in [-0.05, 0) is 138 Å². The van der Waals surface area contributed by atoms with Crippen LogP contribution in [0.2, 0.25) is 0 Å². The Balaban J connectivity index is 0.000000253. The average Bonchev–Trinajstić information content (AvgIpc) is 3.88. The second-order valence-corrected chi connectivity index (χ2v) is 20.2. The maximum absolute atomic E-state index is 13.2. The fraction of sp³-hybridized carbons (Fsp3) is 0.519. The molecule has 15 nitrogen and oxygen atoms in total. The molecule has 0 unspecified atom stereocenters. The SMILES string of the molecule is BrCCCCBr.C.Cc1cc(=O)n2c3c(c4c(cc13)c1c(c(=O)n4C)CCCC1)OC[C@@H]2CN.Cc1cc(=O)n2c3c(c4c(cc13)c1c(c(=O)n4C)CCCC1)OC[C@@H]2CN1CCCC1.O=CO[O-].[H-].[K+].[K+]. The average molecular weight is 1160 g/mol. The molecule has 4 aromatic heterocycles. The maximum atomic E-state index is 13.2. The van der Waals surface area contributed by atoms with E-state index in [4.69, 9.17) is 25.3 Å². The molecule has 2 aromatic carbocycles. The van der Waals surface area contributed by atoms with Crippen LogP contribution in [-0.4, -0.2) is 79.7 Å². The Morgan fingerprint density at radius 3 is 1.45 bits per heavy atom. The minimum absolute atomic E-state index is 0. The van der Waals surface area contributed by atoms with Crippen molar-refractivity contribution in [1.29, 1.82) is 0 Å². The summed E-state index contributed by atoms with van der Waals surface area (Å²) < 4.78 is 19.7. The van der Waals surface area contributed by atoms with Crippen molar-refractivity contribution < 1.29 is 129 Å². The van der Waals surface area contributed by atoms with Crippen molar-refractivity contribution >= 4 is 81.9 Å². The van der Waals surface area contributed by atoms with Gasteiger partial charge in [0.05, 0.1) is 34.2 Å². The molecule has 71 heavy (non-hydrogen) atoms. The number of benzene rings is 2. The van der Waals surface area contributed by atoms with Crippen molar-refractivity contribution in [3.63, 3.8) is 0 Å². The van der Waals surface area contributed by atoms with E-state index in [2.05, 4.69) is 53.8 Å². The molecule has 19 heteroatoms. The largest absolute Gasteiger partial charge is 1.00 e. The van der Waals surface area contributed by atoms with E-state index < -0.39 is 0 Å². The number of carbonyl (C=O) groups excluding carboxylic acids is 1. The fourth-order valence-electron chi connectivity index (χ4n) is 11.1. The van der Waals surface area contributed by atoms with Crippen LogP contribution in [0.25, 0.3) is 43.6 Å². The number of likely N-dealkylation sites (tertiary alicyclic amines) is 1. The molecule has 0 saturated carbocycles. The standard InChI is InChI=1S/C25H29N3O3.C21H23N3O3.C4H8Br2.CH2O3.CH4.2K.H/c1-15-11-21(29)28-16(13-27-9-5-6-10-27)14-31-24-22-20(12-19(15)23(24)28)17-7-3-4-8-18(17)25(30)26(22)2;1-11-7-17(25)24-12(9-22)10-27-20-18-16(8-15(11)19(20)24)13-5-3-4-6-14(13)21(26)23(18)2;5-3-1-2-4-6;2-1-4-3;;;;/h11-12,16H,3-10,13-14H2,1-2H3;7-8,12H,3-6,9-10,22H2,1-2H3;1-4H2;1,3H;1H4;;;/q;;;;;2*+1;-1/p-1/t16-;12-;;;;;;/m00....../s1. The quantitative estimate of drug-likeness (QED) is 0.0453. The predicted octanol–water partition coefficient (Wildman–Crippen LogP) is 0.750. The first-order valence-corrected chi connectivity index (χ1v) is 26.1. The van der Waals surface area contributed by atoms with E-state index in [0.717, 1.165) is 153 Å². The van der Waals surface area contributed by atoms with Crippen LogP contribution >= 0.6 is 31.9 Å². The first kappa shape index (κ1) is 60.3. The van der Waals surface area contributed by atoms with Crippen molar-refractivity contribution in [3.05, 3.63) is 99.1 Å². The van der Waals surface area contributed by atoms with Crippen LogP contribution in [-0.2, 0) is 49.5 Å². The molecule has 11 rings (SSSR count). The van der Waals surface area contributed by atoms with E-state index in [1.807, 2.05) is 25.5 Å². The van der Waals surface area contributed by atoms with Crippen LogP contribution in [0.1, 0.15) is 106 Å². The van der Waals surface area contributed by atoms with E-state index in [1.165, 1.54) is 31.2 Å². The molecule has 3 aliphatic heterocycles.